The molecule has 1 aromatic carbocycles. The molecule has 1 aliphatic heterocycles. The smallest absolute Gasteiger partial charge is 0.410 e. The summed E-state index contributed by atoms with van der Waals surface area (Å²) < 4.78 is 81.8. The van der Waals surface area contributed by atoms with Crippen LogP contribution in [0, 0.1) is 5.92 Å². The first-order valence-corrected chi connectivity index (χ1v) is 12.7. The normalized spacial score (nSPS) is 20.7. The number of nitrogens with one attached hydrogen (secondary N) is 2. The van der Waals surface area contributed by atoms with Gasteiger partial charge in [-0.05, 0) is 36.0 Å². The van der Waals surface area contributed by atoms with E-state index in [2.05, 4.69) is 15.4 Å². The molecule has 2 fully saturated rings. The maximum absolute atomic E-state index is 13.9. The van der Waals surface area contributed by atoms with Gasteiger partial charge in [0, 0.05) is 19.4 Å². The fourth-order valence-electron chi connectivity index (χ4n) is 4.96. The number of nitrogens with zero attached hydrogens (tertiary/aromatic N) is 4. The van der Waals surface area contributed by atoms with E-state index in [1.807, 2.05) is 11.4 Å². The van der Waals surface area contributed by atoms with Crippen LogP contribution in [0.15, 0.2) is 48.8 Å². The van der Waals surface area contributed by atoms with Crippen LogP contribution in [0.25, 0.3) is 5.65 Å². The van der Waals surface area contributed by atoms with Gasteiger partial charge in [0.2, 0.25) is 5.92 Å². The summed E-state index contributed by atoms with van der Waals surface area (Å²) in [5.74, 6) is -3.18. The summed E-state index contributed by atoms with van der Waals surface area (Å²) in [7, 11) is 0. The van der Waals surface area contributed by atoms with E-state index in [-0.39, 0.29) is 62.1 Å². The van der Waals surface area contributed by atoms with Crippen molar-refractivity contribution < 1.29 is 37.6 Å². The largest absolute Gasteiger partial charge is 0.445 e. The van der Waals surface area contributed by atoms with E-state index < -0.39 is 42.9 Å². The maximum Gasteiger partial charge on any atom is 0.410 e. The Labute approximate surface area is 227 Å². The number of rotatable bonds is 7. The second kappa shape index (κ2) is 10.9. The summed E-state index contributed by atoms with van der Waals surface area (Å²) >= 11 is 0. The Kier molecular flexibility index (Phi) is 7.15. The molecule has 14 heteroatoms. The standard InChI is InChI=1S/C26H27F5N6O3/c27-25(28)8-6-18(7-9-25)22(35-24(39)40-15-16-4-2-1-3-5-16)19-13-37-21(33-19)10-17(11-32-37)12-36-14-20(26(29,30)31)34-23(36)38/h1-5,10-11,13,18,20,22H,6-9,12,14-15H2,(H,34,38)(H,35,39)/t20-,22-/m0/s1/i11D. The predicted octanol–water partition coefficient (Wildman–Crippen LogP) is 4.98. The number of ether oxygens (including phenoxy) is 1. The molecule has 1 aliphatic carbocycles. The highest BCUT2D eigenvalue weighted by Gasteiger charge is 2.46. The molecule has 0 radical (unpaired) electrons. The lowest BCUT2D eigenvalue weighted by molar-refractivity contribution is -0.149. The molecule has 214 valence electrons. The summed E-state index contributed by atoms with van der Waals surface area (Å²) in [5.41, 5.74) is 1.44. The monoisotopic (exact) mass is 567 g/mol. The van der Waals surface area contributed by atoms with Crippen molar-refractivity contribution in [3.8, 4) is 0 Å². The minimum absolute atomic E-state index is 0.000309. The van der Waals surface area contributed by atoms with Crippen molar-refractivity contribution in [2.24, 2.45) is 5.92 Å². The number of fused-ring (bicyclic) bond motifs is 1. The number of imidazole rings is 1. The summed E-state index contributed by atoms with van der Waals surface area (Å²) in [5, 5.41) is 8.74. The molecular weight excluding hydrogens is 539 g/mol. The van der Waals surface area contributed by atoms with Gasteiger partial charge in [0.1, 0.15) is 12.6 Å². The number of benzene rings is 1. The summed E-state index contributed by atoms with van der Waals surface area (Å²) in [6, 6.07) is 6.68. The molecule has 0 bridgehead atoms. The Bertz CT molecular complexity index is 1410. The molecule has 1 saturated carbocycles. The third kappa shape index (κ3) is 6.42. The molecule has 9 nitrogen and oxygen atoms in total. The van der Waals surface area contributed by atoms with E-state index in [9.17, 15) is 31.5 Å². The second-order valence-electron chi connectivity index (χ2n) is 10.1. The molecule has 5 rings (SSSR count). The molecule has 2 aliphatic rings. The number of hydrogen-bond acceptors (Lipinski definition) is 5. The lowest BCUT2D eigenvalue weighted by Gasteiger charge is -2.33. The number of halogens is 5. The lowest BCUT2D eigenvalue weighted by atomic mass is 9.81. The Morgan fingerprint density at radius 1 is 1.23 bits per heavy atom. The first-order chi connectivity index (χ1) is 19.4. The van der Waals surface area contributed by atoms with Crippen molar-refractivity contribution in [3.05, 3.63) is 65.6 Å². The van der Waals surface area contributed by atoms with Gasteiger partial charge < -0.3 is 20.3 Å². The first-order valence-electron chi connectivity index (χ1n) is 13.2. The molecule has 3 amide bonds. The van der Waals surface area contributed by atoms with Crippen LogP contribution in [0.2, 0.25) is 0 Å². The molecule has 2 aromatic heterocycles. The molecule has 40 heavy (non-hydrogen) atoms. The van der Waals surface area contributed by atoms with Crippen LogP contribution in [0.3, 0.4) is 0 Å². The van der Waals surface area contributed by atoms with E-state index in [0.717, 1.165) is 10.5 Å². The summed E-state index contributed by atoms with van der Waals surface area (Å²) in [6.07, 6.45) is -4.64. The third-order valence-electron chi connectivity index (χ3n) is 7.12. The molecule has 2 atom stereocenters. The number of aromatic nitrogens is 3. The Morgan fingerprint density at radius 2 is 1.95 bits per heavy atom. The van der Waals surface area contributed by atoms with E-state index in [1.54, 1.807) is 24.3 Å². The summed E-state index contributed by atoms with van der Waals surface area (Å²) in [6.45, 7) is -0.913. The minimum Gasteiger partial charge on any atom is -0.445 e. The number of urea groups is 1. The van der Waals surface area contributed by atoms with Crippen LogP contribution in [0.4, 0.5) is 31.5 Å². The quantitative estimate of drug-likeness (QED) is 0.393. The zero-order chi connectivity index (χ0) is 29.4. The topological polar surface area (TPSA) is 101 Å². The van der Waals surface area contributed by atoms with Crippen molar-refractivity contribution in [3.63, 3.8) is 0 Å². The van der Waals surface area contributed by atoms with Crippen molar-refractivity contribution >= 4 is 17.8 Å². The van der Waals surface area contributed by atoms with Crippen molar-refractivity contribution in [2.75, 3.05) is 6.54 Å². The fraction of sp³-hybridized carbons (Fsp3) is 0.462. The zero-order valence-electron chi connectivity index (χ0n) is 22.1. The van der Waals surface area contributed by atoms with Gasteiger partial charge in [-0.3, -0.25) is 0 Å². The van der Waals surface area contributed by atoms with Gasteiger partial charge in [-0.1, -0.05) is 30.3 Å². The van der Waals surface area contributed by atoms with Gasteiger partial charge >= 0.3 is 18.3 Å². The van der Waals surface area contributed by atoms with Crippen LogP contribution in [-0.4, -0.2) is 56.3 Å². The Morgan fingerprint density at radius 3 is 2.62 bits per heavy atom. The van der Waals surface area contributed by atoms with Crippen LogP contribution in [0.1, 0.15) is 49.9 Å². The Balaban J connectivity index is 1.36. The lowest BCUT2D eigenvalue weighted by Crippen LogP contribution is -2.40. The van der Waals surface area contributed by atoms with Crippen LogP contribution >= 0.6 is 0 Å². The van der Waals surface area contributed by atoms with E-state index in [1.165, 1.54) is 16.8 Å². The van der Waals surface area contributed by atoms with Gasteiger partial charge in [0.15, 0.2) is 5.65 Å². The van der Waals surface area contributed by atoms with E-state index in [0.29, 0.717) is 5.69 Å². The number of alkyl carbamates (subject to hydrolysis) is 1. The minimum atomic E-state index is -4.61. The highest BCUT2D eigenvalue weighted by atomic mass is 19.4. The second-order valence-corrected chi connectivity index (χ2v) is 10.1. The average molecular weight is 568 g/mol. The fourth-order valence-corrected chi connectivity index (χ4v) is 4.96. The third-order valence-corrected chi connectivity index (χ3v) is 7.12. The molecule has 3 aromatic rings. The molecule has 0 unspecified atom stereocenters. The molecule has 3 heterocycles. The van der Waals surface area contributed by atoms with Crippen molar-refractivity contribution in [1.29, 1.82) is 0 Å². The van der Waals surface area contributed by atoms with Crippen LogP contribution in [-0.2, 0) is 17.9 Å². The highest BCUT2D eigenvalue weighted by molar-refractivity contribution is 5.77. The number of hydrogen-bond donors (Lipinski definition) is 2. The van der Waals surface area contributed by atoms with Crippen LogP contribution in [0.5, 0.6) is 0 Å². The van der Waals surface area contributed by atoms with E-state index in [4.69, 9.17) is 6.11 Å². The zero-order valence-corrected chi connectivity index (χ0v) is 21.1. The molecule has 2 N–H and O–H groups in total. The van der Waals surface area contributed by atoms with Crippen molar-refractivity contribution in [2.45, 2.75) is 63.0 Å². The molecular formula is C26H27F5N6O3. The van der Waals surface area contributed by atoms with Gasteiger partial charge in [-0.25, -0.2) is 27.9 Å². The van der Waals surface area contributed by atoms with Gasteiger partial charge in [0.05, 0.1) is 32.0 Å². The molecule has 0 spiro atoms. The average Bonchev–Trinajstić information content (AvgIpc) is 3.50. The number of carbonyl (C=O) groups is 2. The van der Waals surface area contributed by atoms with Gasteiger partial charge in [-0.2, -0.15) is 18.3 Å². The number of carbonyl (C=O) groups excluding carboxylic acids is 2. The Hall–Kier alpha value is -3.97. The summed E-state index contributed by atoms with van der Waals surface area (Å²) in [4.78, 5) is 30.2. The number of alkyl halides is 5. The van der Waals surface area contributed by atoms with Gasteiger partial charge in [-0.15, -0.1) is 0 Å². The molecule has 1 saturated heterocycles. The predicted molar refractivity (Wildman–Crippen MR) is 131 cm³/mol. The SMILES string of the molecule is [2H]c1nn2cc([C@@H](NC(=O)OCc3ccccc3)C3CCC(F)(F)CC3)nc2cc1CN1C[C@@H](C(F)(F)F)NC1=O. The highest BCUT2D eigenvalue weighted by Crippen LogP contribution is 2.41. The number of amides is 3. The van der Waals surface area contributed by atoms with Crippen LogP contribution < -0.4 is 10.6 Å². The van der Waals surface area contributed by atoms with Gasteiger partial charge in [0.25, 0.3) is 0 Å². The van der Waals surface area contributed by atoms with E-state index >= 15 is 0 Å². The first kappa shape index (κ1) is 26.3. The maximum atomic E-state index is 13.9. The van der Waals surface area contributed by atoms with Crippen molar-refractivity contribution in [1.82, 2.24) is 30.1 Å².